The second-order valence-corrected chi connectivity index (χ2v) is 7.30. The molecule has 0 aromatic heterocycles. The molecule has 3 aliphatic rings. The van der Waals surface area contributed by atoms with Crippen molar-refractivity contribution in [1.82, 2.24) is 5.32 Å². The third-order valence-electron chi connectivity index (χ3n) is 5.07. The summed E-state index contributed by atoms with van der Waals surface area (Å²) in [6, 6.07) is 1.19. The fourth-order valence-corrected chi connectivity index (χ4v) is 3.97. The van der Waals surface area contributed by atoms with Crippen LogP contribution in [0.15, 0.2) is 0 Å². The predicted octanol–water partition coefficient (Wildman–Crippen LogP) is 2.26. The van der Waals surface area contributed by atoms with Gasteiger partial charge < -0.3 is 19.5 Å². The van der Waals surface area contributed by atoms with E-state index in [4.69, 9.17) is 14.2 Å². The third kappa shape index (κ3) is 3.53. The molecule has 3 aliphatic heterocycles. The molecule has 0 aromatic carbocycles. The Morgan fingerprint density at radius 3 is 2.20 bits per heavy atom. The molecule has 4 nitrogen and oxygen atoms in total. The molecule has 0 aromatic rings. The van der Waals surface area contributed by atoms with E-state index in [0.717, 1.165) is 65.0 Å². The van der Waals surface area contributed by atoms with Crippen LogP contribution in [0, 0.1) is 0 Å². The fourth-order valence-electron chi connectivity index (χ4n) is 3.97. The lowest BCUT2D eigenvalue weighted by Crippen LogP contribution is -2.54. The van der Waals surface area contributed by atoms with Crippen molar-refractivity contribution in [3.8, 4) is 0 Å². The molecule has 0 bridgehead atoms. The van der Waals surface area contributed by atoms with E-state index in [0.29, 0.717) is 12.1 Å². The van der Waals surface area contributed by atoms with Gasteiger partial charge >= 0.3 is 0 Å². The summed E-state index contributed by atoms with van der Waals surface area (Å²) in [6.45, 7) is 7.89. The molecule has 0 saturated carbocycles. The maximum Gasteiger partial charge on any atom is 0.0741 e. The monoisotopic (exact) mass is 283 g/mol. The maximum atomic E-state index is 6.12. The maximum absolute atomic E-state index is 6.12. The standard InChI is InChI=1S/C16H29NO3/c1-15(2)11-13(3-7-19-15)17-14-4-8-20-16(12-14)5-9-18-10-6-16/h13-14,17H,3-12H2,1-2H3. The summed E-state index contributed by atoms with van der Waals surface area (Å²) in [5, 5.41) is 3.88. The molecule has 0 amide bonds. The Kier molecular flexibility index (Phi) is 4.37. The van der Waals surface area contributed by atoms with E-state index < -0.39 is 0 Å². The summed E-state index contributed by atoms with van der Waals surface area (Å²) in [7, 11) is 0. The average molecular weight is 283 g/mol. The first-order valence-corrected chi connectivity index (χ1v) is 8.19. The first-order chi connectivity index (χ1) is 9.57. The molecule has 0 aliphatic carbocycles. The Morgan fingerprint density at radius 2 is 1.50 bits per heavy atom. The van der Waals surface area contributed by atoms with Crippen molar-refractivity contribution in [2.24, 2.45) is 0 Å². The molecular formula is C16H29NO3. The van der Waals surface area contributed by atoms with Gasteiger partial charge in [0.25, 0.3) is 0 Å². The van der Waals surface area contributed by atoms with E-state index in [2.05, 4.69) is 19.2 Å². The van der Waals surface area contributed by atoms with Crippen molar-refractivity contribution in [2.45, 2.75) is 75.7 Å². The van der Waals surface area contributed by atoms with Gasteiger partial charge in [-0.15, -0.1) is 0 Å². The lowest BCUT2D eigenvalue weighted by Gasteiger charge is -2.45. The number of rotatable bonds is 2. The van der Waals surface area contributed by atoms with Crippen molar-refractivity contribution in [3.63, 3.8) is 0 Å². The zero-order valence-corrected chi connectivity index (χ0v) is 13.0. The highest BCUT2D eigenvalue weighted by Gasteiger charge is 2.40. The van der Waals surface area contributed by atoms with Crippen molar-refractivity contribution in [2.75, 3.05) is 26.4 Å². The summed E-state index contributed by atoms with van der Waals surface area (Å²) < 4.78 is 17.4. The quantitative estimate of drug-likeness (QED) is 0.844. The molecule has 2 atom stereocenters. The molecule has 3 saturated heterocycles. The Bertz CT molecular complexity index is 320. The molecule has 3 fully saturated rings. The van der Waals surface area contributed by atoms with Gasteiger partial charge in [-0.25, -0.2) is 0 Å². The molecule has 2 unspecified atom stereocenters. The lowest BCUT2D eigenvalue weighted by molar-refractivity contribution is -0.142. The van der Waals surface area contributed by atoms with Gasteiger partial charge in [0, 0.05) is 38.5 Å². The number of ether oxygens (including phenoxy) is 3. The Morgan fingerprint density at radius 1 is 0.850 bits per heavy atom. The first kappa shape index (κ1) is 14.8. The highest BCUT2D eigenvalue weighted by molar-refractivity contribution is 4.94. The minimum Gasteiger partial charge on any atom is -0.381 e. The van der Waals surface area contributed by atoms with Crippen LogP contribution in [-0.4, -0.2) is 49.7 Å². The zero-order chi connectivity index (χ0) is 14.1. The van der Waals surface area contributed by atoms with Gasteiger partial charge in [0.2, 0.25) is 0 Å². The minimum atomic E-state index is 0.0252. The van der Waals surface area contributed by atoms with Crippen LogP contribution in [-0.2, 0) is 14.2 Å². The second-order valence-electron chi connectivity index (χ2n) is 7.30. The molecule has 1 N–H and O–H groups in total. The number of hydrogen-bond acceptors (Lipinski definition) is 4. The SMILES string of the molecule is CC1(C)CC(NC2CCOC3(CCOCC3)C2)CCO1. The van der Waals surface area contributed by atoms with Gasteiger partial charge in [-0.2, -0.15) is 0 Å². The third-order valence-corrected chi connectivity index (χ3v) is 5.07. The lowest BCUT2D eigenvalue weighted by atomic mass is 9.83. The van der Waals surface area contributed by atoms with Gasteiger partial charge in [0.1, 0.15) is 0 Å². The molecule has 0 radical (unpaired) electrons. The van der Waals surface area contributed by atoms with Crippen LogP contribution in [0.25, 0.3) is 0 Å². The van der Waals surface area contributed by atoms with Crippen LogP contribution < -0.4 is 5.32 Å². The molecule has 3 heterocycles. The van der Waals surface area contributed by atoms with E-state index in [1.165, 1.54) is 0 Å². The summed E-state index contributed by atoms with van der Waals surface area (Å²) in [5.41, 5.74) is 0.117. The van der Waals surface area contributed by atoms with Crippen molar-refractivity contribution in [3.05, 3.63) is 0 Å². The van der Waals surface area contributed by atoms with Crippen LogP contribution in [0.1, 0.15) is 52.4 Å². The normalized spacial score (nSPS) is 36.9. The Hall–Kier alpha value is -0.160. The van der Waals surface area contributed by atoms with E-state index in [1.54, 1.807) is 0 Å². The van der Waals surface area contributed by atoms with E-state index in [9.17, 15) is 0 Å². The average Bonchev–Trinajstić information content (AvgIpc) is 2.38. The molecule has 3 rings (SSSR count). The van der Waals surface area contributed by atoms with Crippen LogP contribution in [0.4, 0.5) is 0 Å². The van der Waals surface area contributed by atoms with Crippen LogP contribution in [0.3, 0.4) is 0 Å². The molecule has 4 heteroatoms. The zero-order valence-electron chi connectivity index (χ0n) is 13.0. The summed E-state index contributed by atoms with van der Waals surface area (Å²) in [5.74, 6) is 0. The molecule has 20 heavy (non-hydrogen) atoms. The van der Waals surface area contributed by atoms with Crippen LogP contribution >= 0.6 is 0 Å². The fraction of sp³-hybridized carbons (Fsp3) is 1.00. The van der Waals surface area contributed by atoms with Gasteiger partial charge in [0.15, 0.2) is 0 Å². The van der Waals surface area contributed by atoms with Gasteiger partial charge in [0.05, 0.1) is 11.2 Å². The van der Waals surface area contributed by atoms with Crippen molar-refractivity contribution >= 4 is 0 Å². The van der Waals surface area contributed by atoms with E-state index >= 15 is 0 Å². The summed E-state index contributed by atoms with van der Waals surface area (Å²) in [4.78, 5) is 0. The Labute approximate surface area is 122 Å². The van der Waals surface area contributed by atoms with Crippen molar-refractivity contribution in [1.29, 1.82) is 0 Å². The van der Waals surface area contributed by atoms with Gasteiger partial charge in [-0.1, -0.05) is 0 Å². The summed E-state index contributed by atoms with van der Waals surface area (Å²) in [6.07, 6.45) is 6.65. The van der Waals surface area contributed by atoms with Crippen LogP contribution in [0.2, 0.25) is 0 Å². The number of nitrogens with one attached hydrogen (secondary N) is 1. The first-order valence-electron chi connectivity index (χ1n) is 8.19. The highest BCUT2D eigenvalue weighted by atomic mass is 16.5. The van der Waals surface area contributed by atoms with Gasteiger partial charge in [-0.05, 0) is 52.4 Å². The minimum absolute atomic E-state index is 0.0252. The van der Waals surface area contributed by atoms with Crippen molar-refractivity contribution < 1.29 is 14.2 Å². The molecular weight excluding hydrogens is 254 g/mol. The largest absolute Gasteiger partial charge is 0.381 e. The topological polar surface area (TPSA) is 39.7 Å². The highest BCUT2D eigenvalue weighted by Crippen LogP contribution is 2.35. The van der Waals surface area contributed by atoms with E-state index in [1.807, 2.05) is 0 Å². The Balaban J connectivity index is 1.54. The number of hydrogen-bond donors (Lipinski definition) is 1. The van der Waals surface area contributed by atoms with Crippen LogP contribution in [0.5, 0.6) is 0 Å². The van der Waals surface area contributed by atoms with E-state index in [-0.39, 0.29) is 11.2 Å². The smallest absolute Gasteiger partial charge is 0.0741 e. The predicted molar refractivity (Wildman–Crippen MR) is 77.9 cm³/mol. The second kappa shape index (κ2) is 5.91. The molecule has 1 spiro atoms. The molecule has 116 valence electrons. The summed E-state index contributed by atoms with van der Waals surface area (Å²) >= 11 is 0. The van der Waals surface area contributed by atoms with Gasteiger partial charge in [-0.3, -0.25) is 0 Å².